The van der Waals surface area contributed by atoms with E-state index in [2.05, 4.69) is 51.1 Å². The highest BCUT2D eigenvalue weighted by molar-refractivity contribution is 5.70. The Labute approximate surface area is 109 Å². The van der Waals surface area contributed by atoms with Crippen LogP contribution in [0.15, 0.2) is 42.5 Å². The van der Waals surface area contributed by atoms with E-state index in [-0.39, 0.29) is 5.41 Å². The van der Waals surface area contributed by atoms with Crippen molar-refractivity contribution in [2.45, 2.75) is 26.2 Å². The Morgan fingerprint density at radius 3 is 2.22 bits per heavy atom. The van der Waals surface area contributed by atoms with Crippen molar-refractivity contribution in [3.63, 3.8) is 0 Å². The van der Waals surface area contributed by atoms with E-state index in [0.29, 0.717) is 0 Å². The normalized spacial score (nSPS) is 11.3. The molecule has 0 bridgehead atoms. The first-order chi connectivity index (χ1) is 8.52. The number of benzene rings is 2. The lowest BCUT2D eigenvalue weighted by atomic mass is 9.86. The van der Waals surface area contributed by atoms with Gasteiger partial charge in [-0.25, -0.2) is 0 Å². The first-order valence-corrected chi connectivity index (χ1v) is 6.17. The molecule has 0 heterocycles. The van der Waals surface area contributed by atoms with Crippen LogP contribution in [-0.2, 0) is 5.41 Å². The second kappa shape index (κ2) is 4.85. The van der Waals surface area contributed by atoms with Crippen LogP contribution in [0, 0.1) is 6.07 Å². The lowest BCUT2D eigenvalue weighted by Gasteiger charge is -2.19. The largest absolute Gasteiger partial charge is 0.496 e. The molecule has 0 aliphatic carbocycles. The van der Waals surface area contributed by atoms with Crippen molar-refractivity contribution < 1.29 is 4.74 Å². The predicted molar refractivity (Wildman–Crippen MR) is 76.0 cm³/mol. The highest BCUT2D eigenvalue weighted by Gasteiger charge is 2.13. The van der Waals surface area contributed by atoms with Gasteiger partial charge in [-0.05, 0) is 34.7 Å². The van der Waals surface area contributed by atoms with Crippen LogP contribution in [0.5, 0.6) is 5.75 Å². The van der Waals surface area contributed by atoms with Crippen molar-refractivity contribution in [3.05, 3.63) is 54.1 Å². The van der Waals surface area contributed by atoms with E-state index in [1.165, 1.54) is 5.56 Å². The molecule has 2 rings (SSSR count). The van der Waals surface area contributed by atoms with Gasteiger partial charge in [0.05, 0.1) is 7.11 Å². The summed E-state index contributed by atoms with van der Waals surface area (Å²) in [4.78, 5) is 0. The molecule has 2 aromatic rings. The summed E-state index contributed by atoms with van der Waals surface area (Å²) in [5.74, 6) is 0.886. The van der Waals surface area contributed by atoms with E-state index < -0.39 is 0 Å². The molecule has 1 radical (unpaired) electrons. The summed E-state index contributed by atoms with van der Waals surface area (Å²) in [6.07, 6.45) is 0. The Hall–Kier alpha value is -1.76. The lowest BCUT2D eigenvalue weighted by Crippen LogP contribution is -2.10. The average molecular weight is 239 g/mol. The maximum absolute atomic E-state index is 5.38. The minimum atomic E-state index is 0.186. The molecule has 0 N–H and O–H groups in total. The molecule has 0 aliphatic rings. The van der Waals surface area contributed by atoms with Gasteiger partial charge in [-0.3, -0.25) is 0 Å². The zero-order valence-electron chi connectivity index (χ0n) is 11.4. The molecular formula is C17H19O. The van der Waals surface area contributed by atoms with Crippen LogP contribution >= 0.6 is 0 Å². The van der Waals surface area contributed by atoms with Crippen LogP contribution in [0.4, 0.5) is 0 Å². The third-order valence-electron chi connectivity index (χ3n) is 3.11. The predicted octanol–water partition coefficient (Wildman–Crippen LogP) is 4.46. The summed E-state index contributed by atoms with van der Waals surface area (Å²) in [7, 11) is 1.70. The Morgan fingerprint density at radius 2 is 1.67 bits per heavy atom. The molecule has 0 aromatic heterocycles. The minimum Gasteiger partial charge on any atom is -0.496 e. The Bertz CT molecular complexity index is 518. The fourth-order valence-electron chi connectivity index (χ4n) is 1.97. The van der Waals surface area contributed by atoms with Crippen LogP contribution in [0.2, 0.25) is 0 Å². The van der Waals surface area contributed by atoms with Gasteiger partial charge in [-0.1, -0.05) is 51.1 Å². The first-order valence-electron chi connectivity index (χ1n) is 6.17. The number of ether oxygens (including phenoxy) is 1. The van der Waals surface area contributed by atoms with Crippen molar-refractivity contribution in [2.24, 2.45) is 0 Å². The lowest BCUT2D eigenvalue weighted by molar-refractivity contribution is 0.416. The molecule has 0 unspecified atom stereocenters. The summed E-state index contributed by atoms with van der Waals surface area (Å²) < 4.78 is 5.38. The summed E-state index contributed by atoms with van der Waals surface area (Å²) in [5, 5.41) is 0. The quantitative estimate of drug-likeness (QED) is 0.751. The SMILES string of the molecule is COc1cc[c]cc1-c1ccc(C(C)(C)C)cc1. The maximum Gasteiger partial charge on any atom is 0.126 e. The Morgan fingerprint density at radius 1 is 1.00 bits per heavy atom. The van der Waals surface area contributed by atoms with Crippen molar-refractivity contribution in [3.8, 4) is 16.9 Å². The first kappa shape index (κ1) is 12.7. The van der Waals surface area contributed by atoms with Crippen LogP contribution in [0.1, 0.15) is 26.3 Å². The van der Waals surface area contributed by atoms with Crippen molar-refractivity contribution in [1.82, 2.24) is 0 Å². The van der Waals surface area contributed by atoms with Gasteiger partial charge in [0, 0.05) is 5.56 Å². The molecule has 0 saturated heterocycles. The molecule has 1 nitrogen and oxygen atoms in total. The monoisotopic (exact) mass is 239 g/mol. The summed E-state index contributed by atoms with van der Waals surface area (Å²) >= 11 is 0. The van der Waals surface area contributed by atoms with Gasteiger partial charge >= 0.3 is 0 Å². The van der Waals surface area contributed by atoms with Gasteiger partial charge in [0.15, 0.2) is 0 Å². The van der Waals surface area contributed by atoms with Crippen molar-refractivity contribution in [2.75, 3.05) is 7.11 Å². The number of hydrogen-bond acceptors (Lipinski definition) is 1. The second-order valence-corrected chi connectivity index (χ2v) is 5.45. The molecular weight excluding hydrogens is 220 g/mol. The molecule has 0 aliphatic heterocycles. The van der Waals surface area contributed by atoms with Crippen molar-refractivity contribution in [1.29, 1.82) is 0 Å². The minimum absolute atomic E-state index is 0.186. The fourth-order valence-corrected chi connectivity index (χ4v) is 1.97. The van der Waals surface area contributed by atoms with Gasteiger partial charge in [0.1, 0.15) is 5.75 Å². The highest BCUT2D eigenvalue weighted by atomic mass is 16.5. The molecule has 2 aromatic carbocycles. The zero-order chi connectivity index (χ0) is 13.2. The Kier molecular flexibility index (Phi) is 3.42. The molecule has 0 atom stereocenters. The van der Waals surface area contributed by atoms with E-state index in [4.69, 9.17) is 4.74 Å². The number of rotatable bonds is 2. The van der Waals surface area contributed by atoms with E-state index in [1.807, 2.05) is 18.2 Å². The summed E-state index contributed by atoms with van der Waals surface area (Å²) in [5.41, 5.74) is 3.77. The molecule has 0 fully saturated rings. The standard InChI is InChI=1S/C17H19O/c1-17(2,3)14-11-9-13(10-12-14)15-7-5-6-8-16(15)18-4/h6-12H,1-4H3. The third-order valence-corrected chi connectivity index (χ3v) is 3.11. The second-order valence-electron chi connectivity index (χ2n) is 5.45. The summed E-state index contributed by atoms with van der Waals surface area (Å²) in [6.45, 7) is 6.66. The van der Waals surface area contributed by atoms with E-state index in [9.17, 15) is 0 Å². The van der Waals surface area contributed by atoms with Gasteiger partial charge in [-0.15, -0.1) is 0 Å². The highest BCUT2D eigenvalue weighted by Crippen LogP contribution is 2.31. The van der Waals surface area contributed by atoms with E-state index in [1.54, 1.807) is 7.11 Å². The third kappa shape index (κ3) is 2.56. The average Bonchev–Trinajstić information content (AvgIpc) is 2.38. The zero-order valence-corrected chi connectivity index (χ0v) is 11.4. The molecule has 0 spiro atoms. The molecule has 0 saturated carbocycles. The molecule has 1 heteroatoms. The number of hydrogen-bond donors (Lipinski definition) is 0. The van der Waals surface area contributed by atoms with Crippen LogP contribution < -0.4 is 4.74 Å². The summed E-state index contributed by atoms with van der Waals surface area (Å²) in [6, 6.07) is 17.5. The van der Waals surface area contributed by atoms with Crippen LogP contribution in [-0.4, -0.2) is 7.11 Å². The maximum atomic E-state index is 5.38. The molecule has 18 heavy (non-hydrogen) atoms. The van der Waals surface area contributed by atoms with E-state index in [0.717, 1.165) is 16.9 Å². The molecule has 93 valence electrons. The van der Waals surface area contributed by atoms with E-state index >= 15 is 0 Å². The van der Waals surface area contributed by atoms with Gasteiger partial charge < -0.3 is 4.74 Å². The number of methoxy groups -OCH3 is 1. The molecule has 0 amide bonds. The van der Waals surface area contributed by atoms with Crippen molar-refractivity contribution >= 4 is 0 Å². The van der Waals surface area contributed by atoms with Gasteiger partial charge in [0.25, 0.3) is 0 Å². The fraction of sp³-hybridized carbons (Fsp3) is 0.294. The Balaban J connectivity index is 2.41. The van der Waals surface area contributed by atoms with Crippen LogP contribution in [0.3, 0.4) is 0 Å². The smallest absolute Gasteiger partial charge is 0.126 e. The van der Waals surface area contributed by atoms with Crippen LogP contribution in [0.25, 0.3) is 11.1 Å². The van der Waals surface area contributed by atoms with Gasteiger partial charge in [-0.2, -0.15) is 0 Å². The topological polar surface area (TPSA) is 9.23 Å². The van der Waals surface area contributed by atoms with Gasteiger partial charge in [0.2, 0.25) is 0 Å².